The first kappa shape index (κ1) is 13.3. The van der Waals surface area contributed by atoms with Gasteiger partial charge in [-0.25, -0.2) is 14.8 Å². The van der Waals surface area contributed by atoms with Crippen LogP contribution in [0, 0.1) is 0 Å². The third-order valence-electron chi connectivity index (χ3n) is 4.17. The number of esters is 1. The van der Waals surface area contributed by atoms with Crippen molar-refractivity contribution in [1.82, 2.24) is 15.3 Å². The van der Waals surface area contributed by atoms with Crippen LogP contribution in [0.15, 0.2) is 12.3 Å². The molecule has 6 nitrogen and oxygen atoms in total. The second kappa shape index (κ2) is 5.75. The highest BCUT2D eigenvalue weighted by molar-refractivity contribution is 5.85. The molecule has 0 saturated carbocycles. The van der Waals surface area contributed by atoms with Gasteiger partial charge in [0, 0.05) is 24.8 Å². The van der Waals surface area contributed by atoms with Crippen molar-refractivity contribution in [2.45, 2.75) is 37.8 Å². The van der Waals surface area contributed by atoms with Crippen LogP contribution < -0.4 is 10.2 Å². The molecule has 20 heavy (non-hydrogen) atoms. The number of hydrogen-bond donors (Lipinski definition) is 1. The van der Waals surface area contributed by atoms with Gasteiger partial charge in [0.1, 0.15) is 5.82 Å². The molecule has 1 aromatic heterocycles. The van der Waals surface area contributed by atoms with Crippen molar-refractivity contribution in [2.75, 3.05) is 25.1 Å². The summed E-state index contributed by atoms with van der Waals surface area (Å²) >= 11 is 0. The fourth-order valence-electron chi connectivity index (χ4n) is 3.23. The first-order valence-corrected chi connectivity index (χ1v) is 7.21. The summed E-state index contributed by atoms with van der Waals surface area (Å²) in [6.45, 7) is 2.09. The van der Waals surface area contributed by atoms with Crippen molar-refractivity contribution in [3.8, 4) is 0 Å². The number of carbonyl (C=O) groups is 1. The molecule has 3 heterocycles. The molecule has 2 unspecified atom stereocenters. The van der Waals surface area contributed by atoms with E-state index in [9.17, 15) is 4.79 Å². The van der Waals surface area contributed by atoms with E-state index in [1.54, 1.807) is 6.20 Å². The Labute approximate surface area is 118 Å². The molecule has 2 aliphatic rings. The number of carbonyl (C=O) groups excluding carboxylic acids is 1. The Kier molecular flexibility index (Phi) is 3.82. The lowest BCUT2D eigenvalue weighted by molar-refractivity contribution is 0.0586. The molecule has 0 aromatic carbocycles. The smallest absolute Gasteiger partial charge is 0.376 e. The fraction of sp³-hybridized carbons (Fsp3) is 0.643. The summed E-state index contributed by atoms with van der Waals surface area (Å²) in [5, 5.41) is 3.57. The van der Waals surface area contributed by atoms with Gasteiger partial charge in [0.25, 0.3) is 0 Å². The minimum Gasteiger partial charge on any atom is -0.463 e. The van der Waals surface area contributed by atoms with Gasteiger partial charge in [0.15, 0.2) is 0 Å². The normalized spacial score (nSPS) is 25.9. The van der Waals surface area contributed by atoms with Gasteiger partial charge in [-0.3, -0.25) is 0 Å². The van der Waals surface area contributed by atoms with Crippen LogP contribution in [0.25, 0.3) is 0 Å². The zero-order valence-electron chi connectivity index (χ0n) is 11.7. The maximum absolute atomic E-state index is 11.5. The monoisotopic (exact) mass is 276 g/mol. The predicted octanol–water partition coefficient (Wildman–Crippen LogP) is 0.984. The van der Waals surface area contributed by atoms with Gasteiger partial charge < -0.3 is 15.0 Å². The highest BCUT2D eigenvalue weighted by Gasteiger charge is 2.34. The molecule has 1 aromatic rings. The summed E-state index contributed by atoms with van der Waals surface area (Å²) in [4.78, 5) is 22.2. The van der Waals surface area contributed by atoms with Crippen molar-refractivity contribution in [3.05, 3.63) is 18.1 Å². The van der Waals surface area contributed by atoms with Gasteiger partial charge in [-0.05, 0) is 38.3 Å². The Morgan fingerprint density at radius 1 is 1.45 bits per heavy atom. The fourth-order valence-corrected chi connectivity index (χ4v) is 3.23. The molecule has 0 bridgehead atoms. The Balaban J connectivity index is 1.82. The lowest BCUT2D eigenvalue weighted by Gasteiger charge is -2.30. The van der Waals surface area contributed by atoms with Crippen LogP contribution in [0.1, 0.15) is 36.3 Å². The number of anilines is 1. The first-order valence-electron chi connectivity index (χ1n) is 7.21. The molecule has 6 heteroatoms. The predicted molar refractivity (Wildman–Crippen MR) is 74.8 cm³/mol. The van der Waals surface area contributed by atoms with Crippen molar-refractivity contribution in [2.24, 2.45) is 0 Å². The van der Waals surface area contributed by atoms with Crippen LogP contribution in [0.5, 0.6) is 0 Å². The number of nitrogens with one attached hydrogen (secondary N) is 1. The average Bonchev–Trinajstić information content (AvgIpc) is 3.16. The third kappa shape index (κ3) is 2.47. The number of aromatic nitrogens is 2. The zero-order chi connectivity index (χ0) is 13.9. The van der Waals surface area contributed by atoms with Crippen LogP contribution in [-0.2, 0) is 4.74 Å². The van der Waals surface area contributed by atoms with E-state index in [1.165, 1.54) is 32.8 Å². The highest BCUT2D eigenvalue weighted by Crippen LogP contribution is 2.28. The molecule has 0 spiro atoms. The molecule has 0 aliphatic carbocycles. The maximum Gasteiger partial charge on any atom is 0.376 e. The topological polar surface area (TPSA) is 67.3 Å². The summed E-state index contributed by atoms with van der Waals surface area (Å²) in [7, 11) is 1.35. The Hall–Kier alpha value is -1.69. The van der Waals surface area contributed by atoms with E-state index in [0.29, 0.717) is 12.1 Å². The molecule has 2 fully saturated rings. The standard InChI is InChI=1S/C14H20N4O2/c1-20-14(19)13-16-8-6-12(17-13)18-9-3-5-11(18)10-4-2-7-15-10/h6,8,10-11,15H,2-5,7,9H2,1H3. The second-order valence-electron chi connectivity index (χ2n) is 5.34. The number of rotatable bonds is 3. The molecular formula is C14H20N4O2. The number of nitrogens with zero attached hydrogens (tertiary/aromatic N) is 3. The van der Waals surface area contributed by atoms with E-state index < -0.39 is 5.97 Å². The molecule has 1 N–H and O–H groups in total. The molecule has 108 valence electrons. The quantitative estimate of drug-likeness (QED) is 0.830. The molecule has 2 aliphatic heterocycles. The van der Waals surface area contributed by atoms with Gasteiger partial charge in [-0.15, -0.1) is 0 Å². The lowest BCUT2D eigenvalue weighted by Crippen LogP contribution is -2.44. The largest absolute Gasteiger partial charge is 0.463 e. The number of hydrogen-bond acceptors (Lipinski definition) is 6. The average molecular weight is 276 g/mol. The van der Waals surface area contributed by atoms with Crippen molar-refractivity contribution in [3.63, 3.8) is 0 Å². The summed E-state index contributed by atoms with van der Waals surface area (Å²) in [5.74, 6) is 0.480. The van der Waals surface area contributed by atoms with E-state index in [1.807, 2.05) is 6.07 Å². The lowest BCUT2D eigenvalue weighted by atomic mass is 10.0. The minimum absolute atomic E-state index is 0.134. The maximum atomic E-state index is 11.5. The minimum atomic E-state index is -0.485. The number of methoxy groups -OCH3 is 1. The number of ether oxygens (including phenoxy) is 1. The Morgan fingerprint density at radius 2 is 2.35 bits per heavy atom. The van der Waals surface area contributed by atoms with Crippen LogP contribution >= 0.6 is 0 Å². The second-order valence-corrected chi connectivity index (χ2v) is 5.34. The van der Waals surface area contributed by atoms with Crippen molar-refractivity contribution < 1.29 is 9.53 Å². The van der Waals surface area contributed by atoms with E-state index >= 15 is 0 Å². The van der Waals surface area contributed by atoms with Gasteiger partial charge in [-0.1, -0.05) is 0 Å². The summed E-state index contributed by atoms with van der Waals surface area (Å²) in [6, 6.07) is 2.88. The van der Waals surface area contributed by atoms with Gasteiger partial charge in [0.05, 0.1) is 7.11 Å². The summed E-state index contributed by atoms with van der Waals surface area (Å²) < 4.78 is 4.69. The molecule has 0 amide bonds. The van der Waals surface area contributed by atoms with Crippen molar-refractivity contribution in [1.29, 1.82) is 0 Å². The van der Waals surface area contributed by atoms with Gasteiger partial charge in [0.2, 0.25) is 5.82 Å². The summed E-state index contributed by atoms with van der Waals surface area (Å²) in [5.41, 5.74) is 0. The van der Waals surface area contributed by atoms with Gasteiger partial charge >= 0.3 is 5.97 Å². The summed E-state index contributed by atoms with van der Waals surface area (Å²) in [6.07, 6.45) is 6.43. The molecular weight excluding hydrogens is 256 g/mol. The zero-order valence-corrected chi connectivity index (χ0v) is 11.7. The SMILES string of the molecule is COC(=O)c1nccc(N2CCCC2C2CCCN2)n1. The molecule has 0 radical (unpaired) electrons. The molecule has 3 rings (SSSR count). The van der Waals surface area contributed by atoms with E-state index in [0.717, 1.165) is 18.9 Å². The van der Waals surface area contributed by atoms with E-state index in [4.69, 9.17) is 0 Å². The van der Waals surface area contributed by atoms with Crippen LogP contribution in [0.2, 0.25) is 0 Å². The Bertz CT molecular complexity index is 488. The molecule has 2 atom stereocenters. The third-order valence-corrected chi connectivity index (χ3v) is 4.17. The van der Waals surface area contributed by atoms with Crippen molar-refractivity contribution >= 4 is 11.8 Å². The van der Waals surface area contributed by atoms with E-state index in [2.05, 4.69) is 24.9 Å². The van der Waals surface area contributed by atoms with Crippen LogP contribution in [0.4, 0.5) is 5.82 Å². The first-order chi connectivity index (χ1) is 9.79. The van der Waals surface area contributed by atoms with Crippen LogP contribution in [0.3, 0.4) is 0 Å². The molecule has 2 saturated heterocycles. The highest BCUT2D eigenvalue weighted by atomic mass is 16.5. The van der Waals surface area contributed by atoms with Crippen LogP contribution in [-0.4, -0.2) is 48.2 Å². The Morgan fingerprint density at radius 3 is 3.10 bits per heavy atom. The van der Waals surface area contributed by atoms with Gasteiger partial charge in [-0.2, -0.15) is 0 Å². The van der Waals surface area contributed by atoms with E-state index in [-0.39, 0.29) is 5.82 Å².